The molecule has 3 nitrogen and oxygen atoms in total. The third-order valence-electron chi connectivity index (χ3n) is 3.71. The van der Waals surface area contributed by atoms with Crippen LogP contribution >= 0.6 is 0 Å². The monoisotopic (exact) mass is 251 g/mol. The van der Waals surface area contributed by atoms with Crippen molar-refractivity contribution in [1.29, 1.82) is 0 Å². The van der Waals surface area contributed by atoms with Gasteiger partial charge in [-0.3, -0.25) is 0 Å². The van der Waals surface area contributed by atoms with E-state index < -0.39 is 11.8 Å². The van der Waals surface area contributed by atoms with Gasteiger partial charge < -0.3 is 10.0 Å². The van der Waals surface area contributed by atoms with Crippen LogP contribution in [0.25, 0.3) is 0 Å². The molecule has 1 aliphatic rings. The highest BCUT2D eigenvalue weighted by molar-refractivity contribution is 5.94. The van der Waals surface area contributed by atoms with Crippen molar-refractivity contribution in [3.63, 3.8) is 0 Å². The van der Waals surface area contributed by atoms with E-state index in [1.165, 1.54) is 6.07 Å². The van der Waals surface area contributed by atoms with E-state index in [0.717, 1.165) is 19.5 Å². The highest BCUT2D eigenvalue weighted by atomic mass is 19.1. The highest BCUT2D eigenvalue weighted by Gasteiger charge is 2.28. The summed E-state index contributed by atoms with van der Waals surface area (Å²) in [7, 11) is 0. The maximum Gasteiger partial charge on any atom is 0.340 e. The summed E-state index contributed by atoms with van der Waals surface area (Å²) in [5, 5.41) is 9.12. The van der Waals surface area contributed by atoms with E-state index in [0.29, 0.717) is 17.5 Å². The first-order valence-corrected chi connectivity index (χ1v) is 6.27. The average Bonchev–Trinajstić information content (AvgIpc) is 2.77. The minimum Gasteiger partial charge on any atom is -0.478 e. The molecule has 0 aliphatic carbocycles. The lowest BCUT2D eigenvalue weighted by Gasteiger charge is -2.22. The number of carboxylic acid groups (broad SMARTS) is 1. The zero-order valence-corrected chi connectivity index (χ0v) is 10.7. The average molecular weight is 251 g/mol. The van der Waals surface area contributed by atoms with Crippen LogP contribution in [0.1, 0.15) is 30.6 Å². The summed E-state index contributed by atoms with van der Waals surface area (Å²) in [6.45, 7) is 5.93. The Bertz CT molecular complexity index is 459. The predicted octanol–water partition coefficient (Wildman–Crippen LogP) is 3.01. The van der Waals surface area contributed by atoms with Gasteiger partial charge in [-0.15, -0.1) is 0 Å². The van der Waals surface area contributed by atoms with Crippen molar-refractivity contribution in [3.8, 4) is 0 Å². The van der Waals surface area contributed by atoms with E-state index in [-0.39, 0.29) is 5.56 Å². The second-order valence-corrected chi connectivity index (χ2v) is 5.18. The fraction of sp³-hybridized carbons (Fsp3) is 0.500. The van der Waals surface area contributed by atoms with Crippen LogP contribution in [-0.2, 0) is 0 Å². The summed E-state index contributed by atoms with van der Waals surface area (Å²) in [6.07, 6.45) is 1.03. The minimum atomic E-state index is -1.20. The van der Waals surface area contributed by atoms with Gasteiger partial charge in [0, 0.05) is 13.1 Å². The molecule has 0 radical (unpaired) electrons. The number of nitrogens with zero attached hydrogens (tertiary/aromatic N) is 1. The number of aromatic carboxylic acids is 1. The summed E-state index contributed by atoms with van der Waals surface area (Å²) >= 11 is 0. The van der Waals surface area contributed by atoms with Crippen molar-refractivity contribution >= 4 is 11.7 Å². The Balaban J connectivity index is 2.30. The molecule has 1 N–H and O–H groups in total. The van der Waals surface area contributed by atoms with E-state index in [2.05, 4.69) is 13.8 Å². The van der Waals surface area contributed by atoms with Crippen molar-refractivity contribution in [1.82, 2.24) is 0 Å². The van der Waals surface area contributed by atoms with Crippen LogP contribution in [0.3, 0.4) is 0 Å². The largest absolute Gasteiger partial charge is 0.478 e. The number of carboxylic acids is 1. The second kappa shape index (κ2) is 4.96. The van der Waals surface area contributed by atoms with Gasteiger partial charge in [-0.1, -0.05) is 19.9 Å². The lowest BCUT2D eigenvalue weighted by molar-refractivity contribution is 0.0692. The van der Waals surface area contributed by atoms with E-state index in [1.807, 2.05) is 4.90 Å². The van der Waals surface area contributed by atoms with Crippen LogP contribution in [-0.4, -0.2) is 24.2 Å². The Morgan fingerprint density at radius 3 is 2.78 bits per heavy atom. The highest BCUT2D eigenvalue weighted by Crippen LogP contribution is 2.31. The van der Waals surface area contributed by atoms with Gasteiger partial charge in [0.05, 0.1) is 5.69 Å². The van der Waals surface area contributed by atoms with E-state index in [9.17, 15) is 9.18 Å². The summed E-state index contributed by atoms with van der Waals surface area (Å²) < 4.78 is 13.6. The Kier molecular flexibility index (Phi) is 3.55. The number of hydrogen-bond donors (Lipinski definition) is 1. The number of hydrogen-bond acceptors (Lipinski definition) is 2. The summed E-state index contributed by atoms with van der Waals surface area (Å²) in [4.78, 5) is 13.1. The fourth-order valence-corrected chi connectivity index (χ4v) is 2.54. The Labute approximate surface area is 106 Å². The van der Waals surface area contributed by atoms with Crippen molar-refractivity contribution < 1.29 is 14.3 Å². The molecule has 0 saturated carbocycles. The molecule has 18 heavy (non-hydrogen) atoms. The Morgan fingerprint density at radius 2 is 2.22 bits per heavy atom. The van der Waals surface area contributed by atoms with Crippen LogP contribution in [0.5, 0.6) is 0 Å². The fourth-order valence-electron chi connectivity index (χ4n) is 2.54. The van der Waals surface area contributed by atoms with Gasteiger partial charge in [-0.25, -0.2) is 9.18 Å². The van der Waals surface area contributed by atoms with Gasteiger partial charge >= 0.3 is 5.97 Å². The summed E-state index contributed by atoms with van der Waals surface area (Å²) in [5.74, 6) is -0.740. The molecular weight excluding hydrogens is 233 g/mol. The first-order chi connectivity index (χ1) is 8.50. The van der Waals surface area contributed by atoms with E-state index >= 15 is 0 Å². The lowest BCUT2D eigenvalue weighted by Crippen LogP contribution is -2.24. The number of carbonyl (C=O) groups is 1. The molecule has 98 valence electrons. The van der Waals surface area contributed by atoms with Gasteiger partial charge in [0.25, 0.3) is 0 Å². The third-order valence-corrected chi connectivity index (χ3v) is 3.71. The zero-order valence-electron chi connectivity index (χ0n) is 10.7. The normalized spacial score (nSPS) is 19.6. The Morgan fingerprint density at radius 1 is 1.50 bits per heavy atom. The molecule has 2 rings (SSSR count). The number of rotatable bonds is 3. The molecule has 1 fully saturated rings. The maximum absolute atomic E-state index is 13.6. The number of anilines is 1. The summed E-state index contributed by atoms with van der Waals surface area (Å²) in [6, 6.07) is 4.46. The molecule has 1 heterocycles. The van der Waals surface area contributed by atoms with Gasteiger partial charge in [-0.05, 0) is 30.4 Å². The molecule has 1 aliphatic heterocycles. The predicted molar refractivity (Wildman–Crippen MR) is 68.5 cm³/mol. The topological polar surface area (TPSA) is 40.5 Å². The molecule has 1 aromatic rings. The molecule has 0 aromatic heterocycles. The minimum absolute atomic E-state index is 0.207. The lowest BCUT2D eigenvalue weighted by atomic mass is 9.95. The SMILES string of the molecule is CC(C)C1CCN(c2cccc(F)c2C(=O)O)C1. The molecule has 0 amide bonds. The van der Waals surface area contributed by atoms with Crippen molar-refractivity contribution in [2.75, 3.05) is 18.0 Å². The molecule has 4 heteroatoms. The van der Waals surface area contributed by atoms with Crippen LogP contribution in [0, 0.1) is 17.7 Å². The molecule has 1 saturated heterocycles. The van der Waals surface area contributed by atoms with Crippen LogP contribution in [0.2, 0.25) is 0 Å². The van der Waals surface area contributed by atoms with Crippen LogP contribution in [0.4, 0.5) is 10.1 Å². The first kappa shape index (κ1) is 12.9. The molecule has 1 unspecified atom stereocenters. The van der Waals surface area contributed by atoms with Gasteiger partial charge in [-0.2, -0.15) is 0 Å². The number of benzene rings is 1. The van der Waals surface area contributed by atoms with Crippen molar-refractivity contribution in [3.05, 3.63) is 29.6 Å². The quantitative estimate of drug-likeness (QED) is 0.897. The first-order valence-electron chi connectivity index (χ1n) is 6.27. The molecule has 1 atom stereocenters. The third kappa shape index (κ3) is 2.33. The maximum atomic E-state index is 13.6. The van der Waals surface area contributed by atoms with Gasteiger partial charge in [0.2, 0.25) is 0 Å². The second-order valence-electron chi connectivity index (χ2n) is 5.18. The standard InChI is InChI=1S/C14H18FNO2/c1-9(2)10-6-7-16(8-10)12-5-3-4-11(15)13(12)14(17)18/h3-5,9-10H,6-8H2,1-2H3,(H,17,18). The van der Waals surface area contributed by atoms with Crippen molar-refractivity contribution in [2.45, 2.75) is 20.3 Å². The molecule has 1 aromatic carbocycles. The van der Waals surface area contributed by atoms with Gasteiger partial charge in [0.15, 0.2) is 0 Å². The van der Waals surface area contributed by atoms with E-state index in [1.54, 1.807) is 12.1 Å². The molecule has 0 bridgehead atoms. The summed E-state index contributed by atoms with van der Waals surface area (Å²) in [5.41, 5.74) is 0.299. The number of halogens is 1. The van der Waals surface area contributed by atoms with Gasteiger partial charge in [0.1, 0.15) is 11.4 Å². The van der Waals surface area contributed by atoms with E-state index in [4.69, 9.17) is 5.11 Å². The smallest absolute Gasteiger partial charge is 0.340 e. The molecule has 0 spiro atoms. The molecular formula is C14H18FNO2. The Hall–Kier alpha value is -1.58. The van der Waals surface area contributed by atoms with Crippen LogP contribution in [0.15, 0.2) is 18.2 Å². The van der Waals surface area contributed by atoms with Crippen LogP contribution < -0.4 is 4.90 Å². The zero-order chi connectivity index (χ0) is 13.3. The van der Waals surface area contributed by atoms with Crippen molar-refractivity contribution in [2.24, 2.45) is 11.8 Å².